The van der Waals surface area contributed by atoms with E-state index >= 15 is 0 Å². The maximum atomic E-state index is 13.0. The zero-order valence-corrected chi connectivity index (χ0v) is 22.1. The van der Waals surface area contributed by atoms with Crippen LogP contribution < -0.4 is 10.1 Å². The lowest BCUT2D eigenvalue weighted by Crippen LogP contribution is -2.56. The highest BCUT2D eigenvalue weighted by Crippen LogP contribution is 2.26. The number of hydroxylamine groups is 2. The van der Waals surface area contributed by atoms with E-state index in [-0.39, 0.29) is 23.8 Å². The Morgan fingerprint density at radius 1 is 1.05 bits per heavy atom. The van der Waals surface area contributed by atoms with Crippen LogP contribution in [-0.2, 0) is 14.4 Å². The molecular weight excluding hydrogens is 520 g/mol. The number of amides is 3. The quantitative estimate of drug-likeness (QED) is 0.317. The molecule has 1 unspecified atom stereocenters. The van der Waals surface area contributed by atoms with E-state index < -0.39 is 35.6 Å². The molecule has 0 aliphatic carbocycles. The van der Waals surface area contributed by atoms with Crippen molar-refractivity contribution in [3.63, 3.8) is 0 Å². The summed E-state index contributed by atoms with van der Waals surface area (Å²) in [5.41, 5.74) is 0.206. The van der Waals surface area contributed by atoms with Gasteiger partial charge in [-0.25, -0.2) is 19.4 Å². The van der Waals surface area contributed by atoms with Gasteiger partial charge in [-0.3, -0.25) is 9.59 Å². The van der Waals surface area contributed by atoms with Crippen LogP contribution in [0.15, 0.2) is 54.6 Å². The molecule has 3 amide bonds. The fourth-order valence-electron chi connectivity index (χ4n) is 4.28. The van der Waals surface area contributed by atoms with Crippen LogP contribution in [0.3, 0.4) is 0 Å². The molecule has 5 rings (SSSR count). The second-order valence-corrected chi connectivity index (χ2v) is 10.5. The number of aromatic nitrogens is 1. The van der Waals surface area contributed by atoms with E-state index in [1.165, 1.54) is 17.0 Å². The zero-order chi connectivity index (χ0) is 28.6. The highest BCUT2D eigenvalue weighted by atomic mass is 16.7. The Morgan fingerprint density at radius 3 is 2.35 bits per heavy atom. The van der Waals surface area contributed by atoms with Crippen LogP contribution in [0.1, 0.15) is 41.5 Å². The van der Waals surface area contributed by atoms with Crippen LogP contribution in [0.25, 0.3) is 10.9 Å². The molecule has 0 radical (unpaired) electrons. The van der Waals surface area contributed by atoms with Gasteiger partial charge in [0, 0.05) is 18.5 Å². The summed E-state index contributed by atoms with van der Waals surface area (Å²) < 4.78 is 11.3. The summed E-state index contributed by atoms with van der Waals surface area (Å²) in [5, 5.41) is 13.5. The third-order valence-corrected chi connectivity index (χ3v) is 6.23. The van der Waals surface area contributed by atoms with Crippen molar-refractivity contribution in [3.8, 4) is 5.75 Å². The number of nitrogens with one attached hydrogen (secondary N) is 1. The molecule has 2 aliphatic heterocycles. The van der Waals surface area contributed by atoms with E-state index in [0.717, 1.165) is 5.39 Å². The van der Waals surface area contributed by atoms with Gasteiger partial charge >= 0.3 is 12.1 Å². The van der Waals surface area contributed by atoms with Crippen LogP contribution >= 0.6 is 0 Å². The van der Waals surface area contributed by atoms with E-state index in [2.05, 4.69) is 10.3 Å². The Balaban J connectivity index is 1.27. The van der Waals surface area contributed by atoms with Gasteiger partial charge in [-0.05, 0) is 63.2 Å². The number of likely N-dealkylation sites (tertiary alicyclic amines) is 1. The number of ether oxygens (including phenoxy) is 2. The van der Waals surface area contributed by atoms with E-state index in [4.69, 9.17) is 19.4 Å². The molecule has 3 aromatic rings. The van der Waals surface area contributed by atoms with Crippen molar-refractivity contribution in [1.82, 2.24) is 14.9 Å². The van der Waals surface area contributed by atoms with Gasteiger partial charge in [-0.1, -0.05) is 12.1 Å². The van der Waals surface area contributed by atoms with Crippen LogP contribution in [-0.4, -0.2) is 81.4 Å². The Morgan fingerprint density at radius 2 is 1.73 bits per heavy atom. The number of carboxylic acid groups (broad SMARTS) is 1. The van der Waals surface area contributed by atoms with Crippen LogP contribution in [0.4, 0.5) is 10.6 Å². The van der Waals surface area contributed by atoms with Crippen molar-refractivity contribution in [3.05, 3.63) is 65.7 Å². The SMILES string of the molecule is CC(C)(C)OC(=O)C(COc1ccc2nc(NC3CN(C(=O)O)C3)ccc2c1)ON1C(=O)c2ccccc2C1=O. The van der Waals surface area contributed by atoms with Crippen LogP contribution in [0, 0.1) is 0 Å². The van der Waals surface area contributed by atoms with Gasteiger partial charge < -0.3 is 24.8 Å². The predicted molar refractivity (Wildman–Crippen MR) is 142 cm³/mol. The number of pyridine rings is 1. The lowest BCUT2D eigenvalue weighted by Gasteiger charge is -2.37. The summed E-state index contributed by atoms with van der Waals surface area (Å²) in [4.78, 5) is 60.9. The molecule has 1 atom stereocenters. The molecule has 2 aromatic carbocycles. The van der Waals surface area contributed by atoms with Crippen molar-refractivity contribution in [1.29, 1.82) is 0 Å². The van der Waals surface area contributed by atoms with Gasteiger partial charge in [-0.2, -0.15) is 0 Å². The molecular formula is C28H28N4O8. The fourth-order valence-corrected chi connectivity index (χ4v) is 4.28. The average Bonchev–Trinajstić information content (AvgIpc) is 3.11. The number of anilines is 1. The summed E-state index contributed by atoms with van der Waals surface area (Å²) in [6.45, 7) is 5.53. The number of rotatable bonds is 8. The maximum Gasteiger partial charge on any atom is 0.407 e. The molecule has 2 N–H and O–H groups in total. The van der Waals surface area contributed by atoms with Crippen LogP contribution in [0.5, 0.6) is 5.75 Å². The van der Waals surface area contributed by atoms with E-state index in [0.29, 0.717) is 35.2 Å². The highest BCUT2D eigenvalue weighted by Gasteiger charge is 2.40. The van der Waals surface area contributed by atoms with Crippen molar-refractivity contribution in [2.75, 3.05) is 25.0 Å². The van der Waals surface area contributed by atoms with Gasteiger partial charge in [0.2, 0.25) is 6.10 Å². The monoisotopic (exact) mass is 548 g/mol. The molecule has 3 heterocycles. The fraction of sp³-hybridized carbons (Fsp3) is 0.321. The Hall–Kier alpha value is -4.71. The highest BCUT2D eigenvalue weighted by molar-refractivity contribution is 6.20. The van der Waals surface area contributed by atoms with Crippen LogP contribution in [0.2, 0.25) is 0 Å². The molecule has 1 fully saturated rings. The molecule has 208 valence electrons. The summed E-state index contributed by atoms with van der Waals surface area (Å²) in [5.74, 6) is -1.11. The normalized spacial score (nSPS) is 16.0. The van der Waals surface area contributed by atoms with Crippen molar-refractivity contribution in [2.24, 2.45) is 0 Å². The smallest absolute Gasteiger partial charge is 0.407 e. The molecule has 12 nitrogen and oxygen atoms in total. The second-order valence-electron chi connectivity index (χ2n) is 10.5. The first-order valence-electron chi connectivity index (χ1n) is 12.6. The standard InChI is InChI=1S/C28H28N4O8/c1-28(2,3)39-26(35)22(40-32-24(33)19-6-4-5-7-20(19)25(32)34)15-38-18-9-10-21-16(12-18)8-11-23(30-21)29-17-13-31(14-17)27(36)37/h4-12,17,22H,13-15H2,1-3H3,(H,29,30)(H,36,37). The second kappa shape index (κ2) is 10.5. The summed E-state index contributed by atoms with van der Waals surface area (Å²) in [6, 6.07) is 15.1. The number of carbonyl (C=O) groups is 4. The molecule has 0 saturated carbocycles. The molecule has 0 bridgehead atoms. The van der Waals surface area contributed by atoms with Crippen molar-refractivity contribution < 1.29 is 38.6 Å². The summed E-state index contributed by atoms with van der Waals surface area (Å²) in [7, 11) is 0. The Kier molecular flexibility index (Phi) is 7.03. The lowest BCUT2D eigenvalue weighted by atomic mass is 10.1. The lowest BCUT2D eigenvalue weighted by molar-refractivity contribution is -0.193. The Labute approximate surface area is 229 Å². The van der Waals surface area contributed by atoms with E-state index in [1.807, 2.05) is 6.07 Å². The Bertz CT molecular complexity index is 1460. The first-order chi connectivity index (χ1) is 19.0. The van der Waals surface area contributed by atoms with Crippen molar-refractivity contribution in [2.45, 2.75) is 38.5 Å². The summed E-state index contributed by atoms with van der Waals surface area (Å²) >= 11 is 0. The van der Waals surface area contributed by atoms with Gasteiger partial charge in [0.25, 0.3) is 11.8 Å². The minimum absolute atomic E-state index is 0.00407. The molecule has 0 spiro atoms. The predicted octanol–water partition coefficient (Wildman–Crippen LogP) is 3.33. The minimum Gasteiger partial charge on any atom is -0.490 e. The number of imide groups is 1. The number of hydrogen-bond acceptors (Lipinski definition) is 9. The van der Waals surface area contributed by atoms with Gasteiger partial charge in [0.15, 0.2) is 0 Å². The number of esters is 1. The summed E-state index contributed by atoms with van der Waals surface area (Å²) in [6.07, 6.45) is -2.35. The number of carbonyl (C=O) groups excluding carboxylic acids is 3. The largest absolute Gasteiger partial charge is 0.490 e. The van der Waals surface area contributed by atoms with Gasteiger partial charge in [0.05, 0.1) is 22.7 Å². The van der Waals surface area contributed by atoms with Gasteiger partial charge in [0.1, 0.15) is 23.8 Å². The number of benzene rings is 2. The van der Waals surface area contributed by atoms with E-state index in [1.54, 1.807) is 57.2 Å². The maximum absolute atomic E-state index is 13.0. The first-order valence-corrected chi connectivity index (χ1v) is 12.6. The number of hydrogen-bond donors (Lipinski definition) is 2. The first kappa shape index (κ1) is 26.9. The van der Waals surface area contributed by atoms with Gasteiger partial charge in [-0.15, -0.1) is 5.06 Å². The molecule has 40 heavy (non-hydrogen) atoms. The molecule has 1 aromatic heterocycles. The topological polar surface area (TPSA) is 148 Å². The zero-order valence-electron chi connectivity index (χ0n) is 22.1. The third-order valence-electron chi connectivity index (χ3n) is 6.23. The molecule has 12 heteroatoms. The molecule has 2 aliphatic rings. The number of nitrogens with zero attached hydrogens (tertiary/aromatic N) is 3. The minimum atomic E-state index is -1.41. The third kappa shape index (κ3) is 5.66. The van der Waals surface area contributed by atoms with Crippen molar-refractivity contribution >= 4 is 40.6 Å². The molecule has 1 saturated heterocycles. The van der Waals surface area contributed by atoms with E-state index in [9.17, 15) is 19.2 Å². The number of fused-ring (bicyclic) bond motifs is 2. The average molecular weight is 549 g/mol.